The predicted octanol–water partition coefficient (Wildman–Crippen LogP) is 2.45. The van der Waals surface area contributed by atoms with Gasteiger partial charge in [-0.1, -0.05) is 12.6 Å². The zero-order valence-electron chi connectivity index (χ0n) is 15.0. The second-order valence-corrected chi connectivity index (χ2v) is 6.45. The van der Waals surface area contributed by atoms with Crippen molar-refractivity contribution in [3.05, 3.63) is 76.4 Å². The Kier molecular flexibility index (Phi) is 3.73. The summed E-state index contributed by atoms with van der Waals surface area (Å²) < 4.78 is 15.7. The highest BCUT2D eigenvalue weighted by molar-refractivity contribution is 5.83. The van der Waals surface area contributed by atoms with Gasteiger partial charge in [0.05, 0.1) is 17.9 Å². The highest BCUT2D eigenvalue weighted by atomic mass is 19.1. The molecule has 0 spiro atoms. The molecule has 0 amide bonds. The molecule has 4 aromatic heterocycles. The number of H-pyrrole nitrogens is 3. The minimum Gasteiger partial charge on any atom is -0.338 e. The van der Waals surface area contributed by atoms with Gasteiger partial charge in [-0.15, -0.1) is 0 Å². The molecule has 3 N–H and O–H groups in total. The fraction of sp³-hybridized carbons (Fsp3) is 0. The molecule has 0 aliphatic heterocycles. The summed E-state index contributed by atoms with van der Waals surface area (Å²) in [7, 11) is 0. The van der Waals surface area contributed by atoms with Crippen LogP contribution < -0.4 is 10.9 Å². The maximum absolute atomic E-state index is 14.2. The first-order valence-electron chi connectivity index (χ1n) is 8.72. The molecule has 8 nitrogen and oxygen atoms in total. The summed E-state index contributed by atoms with van der Waals surface area (Å²) in [6.07, 6.45) is 2.73. The Hall–Kier alpha value is -4.27. The summed E-state index contributed by atoms with van der Waals surface area (Å²) in [5.74, 6) is -0.363. The van der Waals surface area contributed by atoms with Gasteiger partial charge < -0.3 is 15.0 Å². The zero-order chi connectivity index (χ0) is 20.0. The molecular formula is C20H14FN7O. The molecule has 0 fully saturated rings. The van der Waals surface area contributed by atoms with Crippen molar-refractivity contribution in [2.75, 3.05) is 0 Å². The van der Waals surface area contributed by atoms with Gasteiger partial charge in [-0.3, -0.25) is 4.79 Å². The van der Waals surface area contributed by atoms with E-state index in [-0.39, 0.29) is 16.8 Å². The number of hydrogen-bond donors (Lipinski definition) is 3. The van der Waals surface area contributed by atoms with E-state index in [1.165, 1.54) is 4.52 Å². The van der Waals surface area contributed by atoms with E-state index in [0.29, 0.717) is 16.6 Å². The zero-order valence-corrected chi connectivity index (χ0v) is 15.0. The second-order valence-electron chi connectivity index (χ2n) is 6.45. The highest BCUT2D eigenvalue weighted by Gasteiger charge is 2.02. The summed E-state index contributed by atoms with van der Waals surface area (Å²) in [5, 5.41) is 5.24. The third-order valence-corrected chi connectivity index (χ3v) is 4.47. The number of hydrogen-bond acceptors (Lipinski definition) is 4. The van der Waals surface area contributed by atoms with Crippen LogP contribution in [0.15, 0.2) is 59.7 Å². The van der Waals surface area contributed by atoms with E-state index in [0.717, 1.165) is 17.1 Å². The summed E-state index contributed by atoms with van der Waals surface area (Å²) in [5.41, 5.74) is 2.08. The minimum absolute atomic E-state index is 0.0105. The number of nitrogens with zero attached hydrogens (tertiary/aromatic N) is 4. The van der Waals surface area contributed by atoms with Gasteiger partial charge in [0.25, 0.3) is 5.56 Å². The molecule has 29 heavy (non-hydrogen) atoms. The van der Waals surface area contributed by atoms with Crippen LogP contribution in [0.5, 0.6) is 0 Å². The Bertz CT molecular complexity index is 1620. The maximum Gasteiger partial charge on any atom is 0.273 e. The molecule has 142 valence electrons. The summed E-state index contributed by atoms with van der Waals surface area (Å²) in [4.78, 5) is 29.6. The van der Waals surface area contributed by atoms with Crippen molar-refractivity contribution >= 4 is 45.5 Å². The largest absolute Gasteiger partial charge is 0.338 e. The Balaban J connectivity index is 2.03. The van der Waals surface area contributed by atoms with Crippen LogP contribution in [0, 0.1) is 5.82 Å². The molecule has 2 aromatic carbocycles. The summed E-state index contributed by atoms with van der Waals surface area (Å²) >= 11 is 0. The molecule has 0 unspecified atom stereocenters. The van der Waals surface area contributed by atoms with Crippen molar-refractivity contribution in [1.82, 2.24) is 34.5 Å². The fourth-order valence-electron chi connectivity index (χ4n) is 3.08. The molecule has 8 bridgehead atoms. The van der Waals surface area contributed by atoms with Crippen molar-refractivity contribution in [3.8, 4) is 0 Å². The van der Waals surface area contributed by atoms with Crippen molar-refractivity contribution in [1.29, 1.82) is 0 Å². The van der Waals surface area contributed by atoms with Gasteiger partial charge in [0, 0.05) is 21.9 Å². The van der Waals surface area contributed by atoms with Gasteiger partial charge in [0.15, 0.2) is 11.5 Å². The third kappa shape index (κ3) is 3.04. The van der Waals surface area contributed by atoms with Gasteiger partial charge in [0.1, 0.15) is 5.35 Å². The van der Waals surface area contributed by atoms with Crippen molar-refractivity contribution < 1.29 is 4.39 Å². The molecule has 0 saturated heterocycles. The lowest BCUT2D eigenvalue weighted by Crippen LogP contribution is -2.30. The Morgan fingerprint density at radius 1 is 0.966 bits per heavy atom. The van der Waals surface area contributed by atoms with Gasteiger partial charge in [-0.25, -0.2) is 13.9 Å². The number of rotatable bonds is 0. The third-order valence-electron chi connectivity index (χ3n) is 4.47. The van der Waals surface area contributed by atoms with E-state index in [2.05, 4.69) is 36.6 Å². The van der Waals surface area contributed by atoms with Crippen LogP contribution in [-0.4, -0.2) is 34.5 Å². The molecule has 4 heterocycles. The van der Waals surface area contributed by atoms with Crippen LogP contribution in [0.2, 0.25) is 0 Å². The maximum atomic E-state index is 14.2. The number of aromatic amines is 3. The molecule has 6 aromatic rings. The van der Waals surface area contributed by atoms with Crippen molar-refractivity contribution in [3.63, 3.8) is 0 Å². The number of fused-ring (bicyclic) bond motifs is 3. The van der Waals surface area contributed by atoms with Gasteiger partial charge >= 0.3 is 0 Å². The average Bonchev–Trinajstić information content (AvgIpc) is 3.13. The number of halogens is 1. The number of benzene rings is 2. The van der Waals surface area contributed by atoms with E-state index >= 15 is 0 Å². The van der Waals surface area contributed by atoms with Crippen LogP contribution in [0.4, 0.5) is 4.39 Å². The quantitative estimate of drug-likeness (QED) is 0.379. The Morgan fingerprint density at radius 3 is 2.62 bits per heavy atom. The van der Waals surface area contributed by atoms with Crippen LogP contribution in [0.3, 0.4) is 0 Å². The van der Waals surface area contributed by atoms with E-state index in [4.69, 9.17) is 0 Å². The minimum atomic E-state index is -0.601. The fourth-order valence-corrected chi connectivity index (χ4v) is 3.08. The first kappa shape index (κ1) is 16.9. The number of nitrogens with one attached hydrogen (secondary N) is 3. The molecule has 0 radical (unpaired) electrons. The predicted molar refractivity (Wildman–Crippen MR) is 109 cm³/mol. The summed E-state index contributed by atoms with van der Waals surface area (Å²) in [6, 6.07) is 12.3. The lowest BCUT2D eigenvalue weighted by atomic mass is 10.2. The second kappa shape index (κ2) is 6.41. The summed E-state index contributed by atoms with van der Waals surface area (Å²) in [6.45, 7) is 3.87. The topological polar surface area (TPSA) is 108 Å². The Labute approximate surface area is 161 Å². The van der Waals surface area contributed by atoms with Gasteiger partial charge in [-0.05, 0) is 36.4 Å². The van der Waals surface area contributed by atoms with Gasteiger partial charge in [-0.2, -0.15) is 10.1 Å². The monoisotopic (exact) mass is 387 g/mol. The molecule has 9 heteroatoms. The van der Waals surface area contributed by atoms with Crippen LogP contribution in [0.1, 0.15) is 0 Å². The molecular weight excluding hydrogens is 373 g/mol. The molecule has 0 saturated carbocycles. The van der Waals surface area contributed by atoms with E-state index in [9.17, 15) is 9.18 Å². The van der Waals surface area contributed by atoms with Crippen molar-refractivity contribution in [2.24, 2.45) is 0 Å². The van der Waals surface area contributed by atoms with E-state index in [1.807, 2.05) is 6.07 Å². The standard InChI is InChI=1S/C20H14FN7O/c1-11-19(29)25-14-4-2-3-13(8-14)24-18-16(21)10-22-20(27-18)26-15-5-6-17-12(7-15)9-23-28(11)17/h2-10H,1H2,(H,25,29)(H2,22,24,26,27). The Morgan fingerprint density at radius 2 is 1.76 bits per heavy atom. The van der Waals surface area contributed by atoms with E-state index in [1.54, 1.807) is 42.6 Å². The highest BCUT2D eigenvalue weighted by Crippen LogP contribution is 2.13. The lowest BCUT2D eigenvalue weighted by molar-refractivity contribution is 0.626. The van der Waals surface area contributed by atoms with Crippen molar-refractivity contribution in [2.45, 2.75) is 0 Å². The number of aromatic nitrogens is 7. The van der Waals surface area contributed by atoms with Crippen LogP contribution >= 0.6 is 0 Å². The molecule has 0 aliphatic rings. The average molecular weight is 387 g/mol. The lowest BCUT2D eigenvalue weighted by Gasteiger charge is -1.97. The first-order valence-corrected chi connectivity index (χ1v) is 8.72. The van der Waals surface area contributed by atoms with Crippen LogP contribution in [-0.2, 0) is 0 Å². The molecule has 6 rings (SSSR count). The normalized spacial score (nSPS) is 11.2. The van der Waals surface area contributed by atoms with E-state index < -0.39 is 11.4 Å². The van der Waals surface area contributed by atoms with Gasteiger partial charge in [0.2, 0.25) is 5.78 Å². The molecule has 0 aliphatic carbocycles. The smallest absolute Gasteiger partial charge is 0.273 e. The first-order chi connectivity index (χ1) is 14.1. The SMILES string of the molecule is C=c1c(=O)[nH]c2cccc(c2)[nH]c2nc(ncc2F)[nH]c2ccc3c(cnn13)c2. The van der Waals surface area contributed by atoms with Crippen LogP contribution in [0.25, 0.3) is 45.5 Å². The molecule has 0 atom stereocenters.